The number of hydrogen-bond donors (Lipinski definition) is 2. The number of carbonyl (C=O) groups is 3. The van der Waals surface area contributed by atoms with Gasteiger partial charge in [-0.3, -0.25) is 14.4 Å². The molecule has 0 saturated heterocycles. The second kappa shape index (κ2) is 12.0. The normalized spacial score (nSPS) is 11.6. The van der Waals surface area contributed by atoms with Crippen LogP contribution in [0.2, 0.25) is 0 Å². The largest absolute Gasteiger partial charge is 0.463 e. The quantitative estimate of drug-likeness (QED) is 0.560. The van der Waals surface area contributed by atoms with E-state index >= 15 is 0 Å². The van der Waals surface area contributed by atoms with Crippen molar-refractivity contribution in [1.29, 1.82) is 0 Å². The summed E-state index contributed by atoms with van der Waals surface area (Å²) in [7, 11) is 0. The van der Waals surface area contributed by atoms with Crippen molar-refractivity contribution in [1.82, 2.24) is 5.32 Å². The lowest BCUT2D eigenvalue weighted by Gasteiger charge is -2.19. The molecule has 0 bridgehead atoms. The summed E-state index contributed by atoms with van der Waals surface area (Å²) in [4.78, 5) is 36.4. The second-order valence-corrected chi connectivity index (χ2v) is 7.81. The fourth-order valence-corrected chi connectivity index (χ4v) is 3.25. The lowest BCUT2D eigenvalue weighted by Crippen LogP contribution is -2.32. The van der Waals surface area contributed by atoms with E-state index in [4.69, 9.17) is 4.74 Å². The molecule has 0 saturated carbocycles. The molecule has 0 aromatic heterocycles. The van der Waals surface area contributed by atoms with Gasteiger partial charge in [0, 0.05) is 5.69 Å². The highest BCUT2D eigenvalue weighted by molar-refractivity contribution is 8.00. The molecule has 8 heteroatoms. The minimum absolute atomic E-state index is 0.0175. The van der Waals surface area contributed by atoms with Crippen molar-refractivity contribution >= 4 is 35.2 Å². The Kier molecular flexibility index (Phi) is 9.34. The molecule has 2 aromatic rings. The molecule has 2 N–H and O–H groups in total. The van der Waals surface area contributed by atoms with Crippen molar-refractivity contribution in [3.8, 4) is 0 Å². The molecular weight excluding hydrogens is 407 g/mol. The molecule has 0 aliphatic carbocycles. The molecule has 2 amide bonds. The molecule has 160 valence electrons. The van der Waals surface area contributed by atoms with Crippen molar-refractivity contribution in [2.24, 2.45) is 0 Å². The van der Waals surface area contributed by atoms with Crippen LogP contribution >= 0.6 is 11.8 Å². The Morgan fingerprint density at radius 2 is 1.60 bits per heavy atom. The fraction of sp³-hybridized carbons (Fsp3) is 0.318. The number of nitrogens with one attached hydrogen (secondary N) is 2. The Balaban J connectivity index is 1.83. The predicted molar refractivity (Wildman–Crippen MR) is 116 cm³/mol. The first-order chi connectivity index (χ1) is 14.3. The van der Waals surface area contributed by atoms with Crippen LogP contribution in [0.15, 0.2) is 54.6 Å². The molecule has 0 heterocycles. The van der Waals surface area contributed by atoms with E-state index in [1.807, 2.05) is 30.3 Å². The van der Waals surface area contributed by atoms with Crippen LogP contribution in [-0.2, 0) is 19.1 Å². The standard InChI is InChI=1S/C22H25FN2O4S/c1-15(2)29-22(28)12-19(16-6-4-3-5-7-16)25-21(27)14-30-13-20(26)24-18-10-8-17(23)9-11-18/h3-11,15,19H,12-14H2,1-2H3,(H,24,26)(H,25,27). The highest BCUT2D eigenvalue weighted by atomic mass is 32.2. The summed E-state index contributed by atoms with van der Waals surface area (Å²) in [6.07, 6.45) is -0.219. The van der Waals surface area contributed by atoms with E-state index in [1.54, 1.807) is 13.8 Å². The van der Waals surface area contributed by atoms with Crippen LogP contribution in [0, 0.1) is 5.82 Å². The Labute approximate surface area is 179 Å². The minimum Gasteiger partial charge on any atom is -0.463 e. The molecular formula is C22H25FN2O4S. The number of halogens is 1. The van der Waals surface area contributed by atoms with Gasteiger partial charge in [0.05, 0.1) is 30.1 Å². The van der Waals surface area contributed by atoms with Crippen LogP contribution in [0.4, 0.5) is 10.1 Å². The lowest BCUT2D eigenvalue weighted by molar-refractivity contribution is -0.148. The maximum atomic E-state index is 12.9. The Morgan fingerprint density at radius 3 is 2.23 bits per heavy atom. The summed E-state index contributed by atoms with van der Waals surface area (Å²) in [5, 5.41) is 5.47. The molecule has 0 fully saturated rings. The van der Waals surface area contributed by atoms with Crippen molar-refractivity contribution in [2.45, 2.75) is 32.4 Å². The monoisotopic (exact) mass is 432 g/mol. The second-order valence-electron chi connectivity index (χ2n) is 6.82. The Bertz CT molecular complexity index is 844. The summed E-state index contributed by atoms with van der Waals surface area (Å²) in [5.74, 6) is -1.25. The molecule has 2 rings (SSSR count). The molecule has 1 unspecified atom stereocenters. The number of thioether (sulfide) groups is 1. The lowest BCUT2D eigenvalue weighted by atomic mass is 10.0. The van der Waals surface area contributed by atoms with Crippen LogP contribution < -0.4 is 10.6 Å². The SMILES string of the molecule is CC(C)OC(=O)CC(NC(=O)CSCC(=O)Nc1ccc(F)cc1)c1ccccc1. The first kappa shape index (κ1) is 23.4. The van der Waals surface area contributed by atoms with Gasteiger partial charge in [0.1, 0.15) is 5.82 Å². The van der Waals surface area contributed by atoms with Crippen LogP contribution in [0.5, 0.6) is 0 Å². The molecule has 0 radical (unpaired) electrons. The minimum atomic E-state index is -0.515. The van der Waals surface area contributed by atoms with Crippen molar-refractivity contribution in [2.75, 3.05) is 16.8 Å². The van der Waals surface area contributed by atoms with E-state index in [2.05, 4.69) is 10.6 Å². The number of ether oxygens (including phenoxy) is 1. The first-order valence-electron chi connectivity index (χ1n) is 9.50. The van der Waals surface area contributed by atoms with E-state index in [-0.39, 0.29) is 41.7 Å². The third-order valence-electron chi connectivity index (χ3n) is 3.87. The molecule has 0 aliphatic rings. The number of hydrogen-bond acceptors (Lipinski definition) is 5. The zero-order valence-electron chi connectivity index (χ0n) is 16.9. The van der Waals surface area contributed by atoms with Gasteiger partial charge in [-0.1, -0.05) is 30.3 Å². The van der Waals surface area contributed by atoms with Crippen molar-refractivity contribution in [3.05, 3.63) is 66.0 Å². The van der Waals surface area contributed by atoms with Gasteiger partial charge >= 0.3 is 5.97 Å². The fourth-order valence-electron chi connectivity index (χ4n) is 2.62. The number of benzene rings is 2. The summed E-state index contributed by atoms with van der Waals surface area (Å²) < 4.78 is 18.1. The van der Waals surface area contributed by atoms with Gasteiger partial charge in [0.25, 0.3) is 0 Å². The van der Waals surface area contributed by atoms with Gasteiger partial charge in [-0.25, -0.2) is 4.39 Å². The molecule has 30 heavy (non-hydrogen) atoms. The number of anilines is 1. The third kappa shape index (κ3) is 8.65. The van der Waals surface area contributed by atoms with Gasteiger partial charge in [-0.05, 0) is 43.7 Å². The number of amides is 2. The highest BCUT2D eigenvalue weighted by Gasteiger charge is 2.20. The van der Waals surface area contributed by atoms with Gasteiger partial charge in [0.15, 0.2) is 0 Å². The predicted octanol–water partition coefficient (Wildman–Crippen LogP) is 3.70. The topological polar surface area (TPSA) is 84.5 Å². The van der Waals surface area contributed by atoms with E-state index in [1.165, 1.54) is 24.3 Å². The number of carbonyl (C=O) groups excluding carboxylic acids is 3. The van der Waals surface area contributed by atoms with E-state index in [0.29, 0.717) is 5.69 Å². The molecule has 0 spiro atoms. The molecule has 1 atom stereocenters. The maximum absolute atomic E-state index is 12.9. The van der Waals surface area contributed by atoms with Gasteiger partial charge in [-0.2, -0.15) is 0 Å². The average molecular weight is 433 g/mol. The van der Waals surface area contributed by atoms with Gasteiger partial charge in [0.2, 0.25) is 11.8 Å². The average Bonchev–Trinajstić information content (AvgIpc) is 2.69. The zero-order valence-corrected chi connectivity index (χ0v) is 17.7. The van der Waals surface area contributed by atoms with Crippen LogP contribution in [-0.4, -0.2) is 35.4 Å². The summed E-state index contributed by atoms with van der Waals surface area (Å²) in [6, 6.07) is 14.1. The van der Waals surface area contributed by atoms with Crippen LogP contribution in [0.3, 0.4) is 0 Å². The summed E-state index contributed by atoms with van der Waals surface area (Å²) >= 11 is 1.14. The van der Waals surface area contributed by atoms with Crippen molar-refractivity contribution in [3.63, 3.8) is 0 Å². The summed E-state index contributed by atoms with van der Waals surface area (Å²) in [5.41, 5.74) is 1.28. The zero-order chi connectivity index (χ0) is 21.9. The Hall–Kier alpha value is -2.87. The van der Waals surface area contributed by atoms with Gasteiger partial charge in [-0.15, -0.1) is 11.8 Å². The van der Waals surface area contributed by atoms with E-state index in [9.17, 15) is 18.8 Å². The van der Waals surface area contributed by atoms with Crippen LogP contribution in [0.25, 0.3) is 0 Å². The van der Waals surface area contributed by atoms with E-state index < -0.39 is 12.0 Å². The maximum Gasteiger partial charge on any atom is 0.308 e. The van der Waals surface area contributed by atoms with Gasteiger partial charge < -0.3 is 15.4 Å². The first-order valence-corrected chi connectivity index (χ1v) is 10.7. The summed E-state index contributed by atoms with van der Waals surface area (Å²) in [6.45, 7) is 3.53. The Morgan fingerprint density at radius 1 is 0.967 bits per heavy atom. The number of rotatable bonds is 10. The van der Waals surface area contributed by atoms with E-state index in [0.717, 1.165) is 17.3 Å². The molecule has 2 aromatic carbocycles. The highest BCUT2D eigenvalue weighted by Crippen LogP contribution is 2.18. The van der Waals surface area contributed by atoms with Crippen molar-refractivity contribution < 1.29 is 23.5 Å². The smallest absolute Gasteiger partial charge is 0.308 e. The third-order valence-corrected chi connectivity index (χ3v) is 4.80. The molecule has 6 nitrogen and oxygen atoms in total. The van der Waals surface area contributed by atoms with Crippen LogP contribution in [0.1, 0.15) is 31.9 Å². The molecule has 0 aliphatic heterocycles. The number of esters is 1.